The molecule has 8 nitrogen and oxygen atoms in total. The Labute approximate surface area is 169 Å². The van der Waals surface area contributed by atoms with E-state index in [1.54, 1.807) is 4.90 Å². The van der Waals surface area contributed by atoms with Crippen molar-refractivity contribution in [1.82, 2.24) is 20.4 Å². The Bertz CT molecular complexity index is 881. The van der Waals surface area contributed by atoms with Crippen molar-refractivity contribution >= 4 is 17.7 Å². The molecule has 2 N–H and O–H groups in total. The Morgan fingerprint density at radius 1 is 1.24 bits per heavy atom. The summed E-state index contributed by atoms with van der Waals surface area (Å²) in [7, 11) is 0. The highest BCUT2D eigenvalue weighted by molar-refractivity contribution is 6.05. The van der Waals surface area contributed by atoms with Gasteiger partial charge in [-0.25, -0.2) is 0 Å². The van der Waals surface area contributed by atoms with E-state index in [1.807, 2.05) is 18.2 Å². The van der Waals surface area contributed by atoms with Gasteiger partial charge in [0.15, 0.2) is 0 Å². The van der Waals surface area contributed by atoms with E-state index in [0.717, 1.165) is 42.9 Å². The Morgan fingerprint density at radius 2 is 2.07 bits per heavy atom. The zero-order valence-electron chi connectivity index (χ0n) is 16.6. The second-order valence-electron chi connectivity index (χ2n) is 8.74. The SMILES string of the molecule is CC1CN(Cc2cccc3c2C(=O)N(C2CCC(=O)NC2=O)C3)CC2(CNC2)O1. The lowest BCUT2D eigenvalue weighted by Crippen LogP contribution is -2.70. The van der Waals surface area contributed by atoms with Gasteiger partial charge in [-0.3, -0.25) is 24.6 Å². The van der Waals surface area contributed by atoms with Gasteiger partial charge in [0.25, 0.3) is 5.91 Å². The van der Waals surface area contributed by atoms with Crippen LogP contribution in [0.15, 0.2) is 18.2 Å². The quantitative estimate of drug-likeness (QED) is 0.697. The van der Waals surface area contributed by atoms with Crippen LogP contribution in [0.1, 0.15) is 41.3 Å². The monoisotopic (exact) mass is 398 g/mol. The maximum atomic E-state index is 13.3. The van der Waals surface area contributed by atoms with Crippen LogP contribution in [-0.2, 0) is 27.4 Å². The molecule has 3 amide bonds. The van der Waals surface area contributed by atoms with Crippen molar-refractivity contribution in [3.63, 3.8) is 0 Å². The number of carbonyl (C=O) groups excluding carboxylic acids is 3. The molecule has 154 valence electrons. The predicted molar refractivity (Wildman–Crippen MR) is 104 cm³/mol. The highest BCUT2D eigenvalue weighted by Crippen LogP contribution is 2.32. The summed E-state index contributed by atoms with van der Waals surface area (Å²) >= 11 is 0. The van der Waals surface area contributed by atoms with Crippen molar-refractivity contribution in [3.05, 3.63) is 34.9 Å². The minimum atomic E-state index is -0.576. The Hall–Kier alpha value is -2.29. The van der Waals surface area contributed by atoms with Crippen molar-refractivity contribution in [2.75, 3.05) is 26.2 Å². The molecule has 0 aliphatic carbocycles. The number of nitrogens with one attached hydrogen (secondary N) is 2. The average Bonchev–Trinajstić information content (AvgIpc) is 2.97. The number of carbonyl (C=O) groups is 3. The lowest BCUT2D eigenvalue weighted by Gasteiger charge is -2.51. The Morgan fingerprint density at radius 3 is 2.79 bits per heavy atom. The fourth-order valence-electron chi connectivity index (χ4n) is 5.12. The van der Waals surface area contributed by atoms with Crippen LogP contribution in [0.4, 0.5) is 0 Å². The number of hydrogen-bond acceptors (Lipinski definition) is 6. The summed E-state index contributed by atoms with van der Waals surface area (Å²) in [5.74, 6) is -0.742. The minimum Gasteiger partial charge on any atom is -0.367 e. The maximum Gasteiger partial charge on any atom is 0.255 e. The van der Waals surface area contributed by atoms with Crippen LogP contribution in [0.3, 0.4) is 0 Å². The normalized spacial score (nSPS) is 29.0. The number of hydrogen-bond donors (Lipinski definition) is 2. The number of fused-ring (bicyclic) bond motifs is 1. The first-order chi connectivity index (χ1) is 13.9. The summed E-state index contributed by atoms with van der Waals surface area (Å²) in [5.41, 5.74) is 2.56. The minimum absolute atomic E-state index is 0.105. The van der Waals surface area contributed by atoms with Gasteiger partial charge in [-0.2, -0.15) is 0 Å². The van der Waals surface area contributed by atoms with Gasteiger partial charge in [0.1, 0.15) is 11.6 Å². The molecule has 2 atom stereocenters. The first kappa shape index (κ1) is 18.7. The molecule has 3 fully saturated rings. The maximum absolute atomic E-state index is 13.3. The van der Waals surface area contributed by atoms with E-state index in [2.05, 4.69) is 22.5 Å². The van der Waals surface area contributed by atoms with Crippen LogP contribution >= 0.6 is 0 Å². The molecule has 1 spiro atoms. The summed E-state index contributed by atoms with van der Waals surface area (Å²) in [5, 5.41) is 5.66. The summed E-state index contributed by atoms with van der Waals surface area (Å²) in [6.07, 6.45) is 0.805. The average molecular weight is 398 g/mol. The highest BCUT2D eigenvalue weighted by Gasteiger charge is 2.45. The van der Waals surface area contributed by atoms with Crippen LogP contribution in [0.5, 0.6) is 0 Å². The van der Waals surface area contributed by atoms with Crippen LogP contribution in [0.2, 0.25) is 0 Å². The molecule has 0 radical (unpaired) electrons. The van der Waals surface area contributed by atoms with E-state index in [-0.39, 0.29) is 35.8 Å². The third kappa shape index (κ3) is 3.25. The molecular formula is C21H26N4O4. The summed E-state index contributed by atoms with van der Waals surface area (Å²) in [4.78, 5) is 41.0. The topological polar surface area (TPSA) is 91.0 Å². The molecule has 4 aliphatic heterocycles. The molecule has 8 heteroatoms. The van der Waals surface area contributed by atoms with E-state index < -0.39 is 6.04 Å². The molecule has 4 aliphatic rings. The third-order valence-corrected chi connectivity index (χ3v) is 6.41. The van der Waals surface area contributed by atoms with Gasteiger partial charge < -0.3 is 15.0 Å². The van der Waals surface area contributed by atoms with Crippen molar-refractivity contribution in [2.24, 2.45) is 0 Å². The lowest BCUT2D eigenvalue weighted by atomic mass is 9.93. The Kier molecular flexibility index (Phi) is 4.45. The first-order valence-electron chi connectivity index (χ1n) is 10.3. The number of piperidine rings is 1. The molecule has 0 saturated carbocycles. The predicted octanol–water partition coefficient (Wildman–Crippen LogP) is 0.0103. The van der Waals surface area contributed by atoms with Crippen molar-refractivity contribution < 1.29 is 19.1 Å². The smallest absolute Gasteiger partial charge is 0.255 e. The number of amides is 3. The summed E-state index contributed by atoms with van der Waals surface area (Å²) in [6.45, 7) is 6.61. The molecular weight excluding hydrogens is 372 g/mol. The molecule has 0 aromatic heterocycles. The highest BCUT2D eigenvalue weighted by atomic mass is 16.5. The van der Waals surface area contributed by atoms with Crippen LogP contribution in [-0.4, -0.2) is 71.4 Å². The van der Waals surface area contributed by atoms with Gasteiger partial charge in [-0.05, 0) is 24.5 Å². The molecule has 1 aromatic rings. The molecule has 1 aromatic carbocycles. The number of ether oxygens (including phenoxy) is 1. The molecule has 29 heavy (non-hydrogen) atoms. The second-order valence-corrected chi connectivity index (χ2v) is 8.74. The fourth-order valence-corrected chi connectivity index (χ4v) is 5.12. The van der Waals surface area contributed by atoms with E-state index in [1.165, 1.54) is 0 Å². The standard InChI is InChI=1S/C21H26N4O4/c1-13-7-24(12-21(29-13)10-22-11-21)8-14-3-2-4-15-9-25(20(28)18(14)15)16-5-6-17(26)23-19(16)27/h2-4,13,16,22H,5-12H2,1H3,(H,23,26,27). The first-order valence-corrected chi connectivity index (χ1v) is 10.3. The number of morpholine rings is 1. The summed E-state index contributed by atoms with van der Waals surface area (Å²) in [6, 6.07) is 5.38. The van der Waals surface area contributed by atoms with E-state index in [9.17, 15) is 14.4 Å². The molecule has 0 bridgehead atoms. The zero-order valence-corrected chi connectivity index (χ0v) is 16.6. The van der Waals surface area contributed by atoms with Gasteiger partial charge in [-0.15, -0.1) is 0 Å². The fraction of sp³-hybridized carbons (Fsp3) is 0.571. The third-order valence-electron chi connectivity index (χ3n) is 6.41. The van der Waals surface area contributed by atoms with Gasteiger partial charge in [0.05, 0.1) is 6.10 Å². The summed E-state index contributed by atoms with van der Waals surface area (Å²) < 4.78 is 6.16. The number of nitrogens with zero attached hydrogens (tertiary/aromatic N) is 2. The van der Waals surface area contributed by atoms with E-state index in [4.69, 9.17) is 4.74 Å². The van der Waals surface area contributed by atoms with Crippen LogP contribution < -0.4 is 10.6 Å². The number of imide groups is 1. The molecule has 5 rings (SSSR count). The van der Waals surface area contributed by atoms with Gasteiger partial charge >= 0.3 is 0 Å². The largest absolute Gasteiger partial charge is 0.367 e. The molecule has 2 unspecified atom stereocenters. The van der Waals surface area contributed by atoms with E-state index >= 15 is 0 Å². The van der Waals surface area contributed by atoms with Crippen LogP contribution in [0, 0.1) is 0 Å². The van der Waals surface area contributed by atoms with E-state index in [0.29, 0.717) is 19.5 Å². The van der Waals surface area contributed by atoms with Crippen molar-refractivity contribution in [1.29, 1.82) is 0 Å². The van der Waals surface area contributed by atoms with Gasteiger partial charge in [0.2, 0.25) is 11.8 Å². The van der Waals surface area contributed by atoms with Gasteiger partial charge in [-0.1, -0.05) is 18.2 Å². The van der Waals surface area contributed by atoms with Crippen molar-refractivity contribution in [3.8, 4) is 0 Å². The molecule has 3 saturated heterocycles. The van der Waals surface area contributed by atoms with Crippen LogP contribution in [0.25, 0.3) is 0 Å². The van der Waals surface area contributed by atoms with Crippen molar-refractivity contribution in [2.45, 2.75) is 50.6 Å². The second kappa shape index (κ2) is 6.90. The zero-order chi connectivity index (χ0) is 20.2. The van der Waals surface area contributed by atoms with Gasteiger partial charge in [0, 0.05) is 51.3 Å². The number of benzene rings is 1. The molecule has 4 heterocycles. The lowest BCUT2D eigenvalue weighted by molar-refractivity contribution is -0.172. The number of rotatable bonds is 3. The Balaban J connectivity index is 1.36.